The van der Waals surface area contributed by atoms with Gasteiger partial charge in [0, 0.05) is 31.0 Å². The topological polar surface area (TPSA) is 44.4 Å². The molecule has 0 fully saturated rings. The normalized spacial score (nSPS) is 9.81. The van der Waals surface area contributed by atoms with E-state index in [1.165, 1.54) is 0 Å². The molecule has 0 heterocycles. The van der Waals surface area contributed by atoms with Crippen LogP contribution in [0.3, 0.4) is 0 Å². The number of carbonyl (C=O) groups is 1. The van der Waals surface area contributed by atoms with Crippen molar-refractivity contribution in [3.8, 4) is 0 Å². The number of carbonyl (C=O) groups excluding carboxylic acids is 1. The van der Waals surface area contributed by atoms with Gasteiger partial charge in [-0.2, -0.15) is 0 Å². The van der Waals surface area contributed by atoms with Gasteiger partial charge in [0.2, 0.25) is 0 Å². The Balaban J connectivity index is 1.97. The van der Waals surface area contributed by atoms with Crippen molar-refractivity contribution in [2.24, 2.45) is 0 Å². The lowest BCUT2D eigenvalue weighted by molar-refractivity contribution is 0.0827. The molecule has 0 radical (unpaired) electrons. The van der Waals surface area contributed by atoms with Gasteiger partial charge in [-0.05, 0) is 48.6 Å². The molecule has 0 bridgehead atoms. The molecule has 21 heavy (non-hydrogen) atoms. The minimum atomic E-state index is -0.0217. The van der Waals surface area contributed by atoms with Crippen LogP contribution >= 0.6 is 12.2 Å². The molecule has 0 unspecified atom stereocenters. The fraction of sp³-hybridized carbons (Fsp3) is 0.125. The summed E-state index contributed by atoms with van der Waals surface area (Å²) in [6.45, 7) is 0. The van der Waals surface area contributed by atoms with Crippen LogP contribution in [0.25, 0.3) is 0 Å². The summed E-state index contributed by atoms with van der Waals surface area (Å²) in [5.74, 6) is -0.0217. The van der Waals surface area contributed by atoms with Crippen molar-refractivity contribution in [3.05, 3.63) is 60.2 Å². The third-order valence-electron chi connectivity index (χ3n) is 2.83. The van der Waals surface area contributed by atoms with Crippen molar-refractivity contribution >= 4 is 34.6 Å². The summed E-state index contributed by atoms with van der Waals surface area (Å²) in [6, 6.07) is 16.9. The zero-order valence-corrected chi connectivity index (χ0v) is 12.8. The quantitative estimate of drug-likeness (QED) is 0.854. The number of thiocarbonyl (C=S) groups is 1. The van der Waals surface area contributed by atoms with Crippen LogP contribution in [0.1, 0.15) is 10.4 Å². The number of hydrogen-bond acceptors (Lipinski definition) is 2. The molecule has 0 spiro atoms. The van der Waals surface area contributed by atoms with E-state index in [1.807, 2.05) is 42.5 Å². The van der Waals surface area contributed by atoms with Crippen molar-refractivity contribution in [3.63, 3.8) is 0 Å². The van der Waals surface area contributed by atoms with Crippen molar-refractivity contribution < 1.29 is 4.79 Å². The van der Waals surface area contributed by atoms with E-state index in [9.17, 15) is 4.79 Å². The molecular weight excluding hydrogens is 282 g/mol. The van der Waals surface area contributed by atoms with E-state index in [4.69, 9.17) is 12.2 Å². The average molecular weight is 299 g/mol. The summed E-state index contributed by atoms with van der Waals surface area (Å²) >= 11 is 5.25. The molecule has 2 aromatic rings. The van der Waals surface area contributed by atoms with Gasteiger partial charge in [0.1, 0.15) is 0 Å². The minimum Gasteiger partial charge on any atom is -0.345 e. The zero-order valence-electron chi connectivity index (χ0n) is 12.0. The first-order valence-electron chi connectivity index (χ1n) is 6.51. The largest absolute Gasteiger partial charge is 0.345 e. The number of hydrogen-bond donors (Lipinski definition) is 2. The van der Waals surface area contributed by atoms with Gasteiger partial charge in [0.15, 0.2) is 5.11 Å². The Morgan fingerprint density at radius 2 is 1.43 bits per heavy atom. The number of amides is 1. The second-order valence-electron chi connectivity index (χ2n) is 4.72. The number of para-hydroxylation sites is 1. The highest BCUT2D eigenvalue weighted by Crippen LogP contribution is 2.12. The molecule has 0 aliphatic carbocycles. The summed E-state index contributed by atoms with van der Waals surface area (Å²) in [7, 11) is 3.46. The minimum absolute atomic E-state index is 0.0217. The number of nitrogens with one attached hydrogen (secondary N) is 2. The molecule has 0 saturated carbocycles. The Morgan fingerprint density at radius 3 is 1.95 bits per heavy atom. The smallest absolute Gasteiger partial charge is 0.253 e. The van der Waals surface area contributed by atoms with Crippen LogP contribution in [0.15, 0.2) is 54.6 Å². The molecule has 4 nitrogen and oxygen atoms in total. The summed E-state index contributed by atoms with van der Waals surface area (Å²) in [4.78, 5) is 13.3. The van der Waals surface area contributed by atoms with Crippen molar-refractivity contribution in [1.29, 1.82) is 0 Å². The molecule has 2 rings (SSSR count). The van der Waals surface area contributed by atoms with Crippen molar-refractivity contribution in [2.45, 2.75) is 0 Å². The first-order valence-corrected chi connectivity index (χ1v) is 6.92. The highest BCUT2D eigenvalue weighted by molar-refractivity contribution is 7.80. The fourth-order valence-corrected chi connectivity index (χ4v) is 2.00. The Morgan fingerprint density at radius 1 is 0.905 bits per heavy atom. The van der Waals surface area contributed by atoms with E-state index in [0.29, 0.717) is 10.7 Å². The molecule has 2 aromatic carbocycles. The van der Waals surface area contributed by atoms with E-state index >= 15 is 0 Å². The van der Waals surface area contributed by atoms with E-state index in [2.05, 4.69) is 10.6 Å². The monoisotopic (exact) mass is 299 g/mol. The van der Waals surface area contributed by atoms with Crippen LogP contribution in [0.5, 0.6) is 0 Å². The third-order valence-corrected chi connectivity index (χ3v) is 3.03. The molecule has 0 atom stereocenters. The van der Waals surface area contributed by atoms with E-state index in [-0.39, 0.29) is 5.91 Å². The predicted octanol–water partition coefficient (Wildman–Crippen LogP) is 3.20. The molecule has 0 aliphatic rings. The Hall–Kier alpha value is -2.40. The summed E-state index contributed by atoms with van der Waals surface area (Å²) in [5, 5.41) is 6.68. The maximum Gasteiger partial charge on any atom is 0.253 e. The lowest BCUT2D eigenvalue weighted by Crippen LogP contribution is -2.22. The van der Waals surface area contributed by atoms with Gasteiger partial charge in [-0.1, -0.05) is 18.2 Å². The number of benzene rings is 2. The van der Waals surface area contributed by atoms with Gasteiger partial charge >= 0.3 is 0 Å². The Bertz CT molecular complexity index is 624. The van der Waals surface area contributed by atoms with Gasteiger partial charge in [0.25, 0.3) is 5.91 Å². The summed E-state index contributed by atoms with van der Waals surface area (Å²) in [5.41, 5.74) is 2.40. The van der Waals surface area contributed by atoms with E-state index in [0.717, 1.165) is 11.4 Å². The second kappa shape index (κ2) is 6.85. The van der Waals surface area contributed by atoms with Crippen LogP contribution in [-0.4, -0.2) is 30.0 Å². The molecule has 1 amide bonds. The highest BCUT2D eigenvalue weighted by Gasteiger charge is 2.07. The van der Waals surface area contributed by atoms with Gasteiger partial charge in [-0.3, -0.25) is 4.79 Å². The number of nitrogens with zero attached hydrogens (tertiary/aromatic N) is 1. The first-order chi connectivity index (χ1) is 10.1. The summed E-state index contributed by atoms with van der Waals surface area (Å²) < 4.78 is 0. The highest BCUT2D eigenvalue weighted by atomic mass is 32.1. The Kier molecular flexibility index (Phi) is 4.90. The third kappa shape index (κ3) is 4.29. The molecular formula is C16H17N3OS. The van der Waals surface area contributed by atoms with Gasteiger partial charge in [-0.15, -0.1) is 0 Å². The van der Waals surface area contributed by atoms with Crippen LogP contribution in [0, 0.1) is 0 Å². The molecule has 108 valence electrons. The van der Waals surface area contributed by atoms with E-state index < -0.39 is 0 Å². The number of rotatable bonds is 3. The average Bonchev–Trinajstić information content (AvgIpc) is 2.48. The predicted molar refractivity (Wildman–Crippen MR) is 90.7 cm³/mol. The van der Waals surface area contributed by atoms with Crippen molar-refractivity contribution in [1.82, 2.24) is 4.90 Å². The summed E-state index contributed by atoms with van der Waals surface area (Å²) in [6.07, 6.45) is 0. The van der Waals surface area contributed by atoms with Crippen molar-refractivity contribution in [2.75, 3.05) is 24.7 Å². The maximum absolute atomic E-state index is 11.8. The lowest BCUT2D eigenvalue weighted by Gasteiger charge is -2.12. The fourth-order valence-electron chi connectivity index (χ4n) is 1.77. The zero-order chi connectivity index (χ0) is 15.2. The van der Waals surface area contributed by atoms with Crippen LogP contribution in [-0.2, 0) is 0 Å². The van der Waals surface area contributed by atoms with Gasteiger partial charge in [-0.25, -0.2) is 0 Å². The standard InChI is InChI=1S/C16H17N3OS/c1-19(2)15(20)12-8-10-14(11-9-12)18-16(21)17-13-6-4-3-5-7-13/h3-11H,1-2H3,(H2,17,18,21). The number of anilines is 2. The first kappa shape index (κ1) is 15.0. The maximum atomic E-state index is 11.8. The van der Waals surface area contributed by atoms with Crippen LogP contribution < -0.4 is 10.6 Å². The van der Waals surface area contributed by atoms with E-state index in [1.54, 1.807) is 31.1 Å². The SMILES string of the molecule is CN(C)C(=O)c1ccc(NC(=S)Nc2ccccc2)cc1. The van der Waals surface area contributed by atoms with Crippen LogP contribution in [0.4, 0.5) is 11.4 Å². The van der Waals surface area contributed by atoms with Gasteiger partial charge in [0.05, 0.1) is 0 Å². The second-order valence-corrected chi connectivity index (χ2v) is 5.13. The molecule has 0 saturated heterocycles. The molecule has 0 aromatic heterocycles. The van der Waals surface area contributed by atoms with Crippen LogP contribution in [0.2, 0.25) is 0 Å². The molecule has 0 aliphatic heterocycles. The van der Waals surface area contributed by atoms with Gasteiger partial charge < -0.3 is 15.5 Å². The Labute approximate surface area is 129 Å². The molecule has 5 heteroatoms. The lowest BCUT2D eigenvalue weighted by atomic mass is 10.2. The molecule has 2 N–H and O–H groups in total.